The van der Waals surface area contributed by atoms with E-state index in [2.05, 4.69) is 15.3 Å². The van der Waals surface area contributed by atoms with Gasteiger partial charge in [0.1, 0.15) is 11.8 Å². The molecule has 1 aliphatic rings. The van der Waals surface area contributed by atoms with E-state index in [0.29, 0.717) is 5.69 Å². The standard InChI is InChI=1S/C14H13N3S/c15-7-12-5-4-11(8-16-12)13-9-18-14(17-13)6-3-10-1-2-10/h4-5,8-10H,1-3,6H2. The Bertz CT molecular complexity index is 576. The highest BCUT2D eigenvalue weighted by atomic mass is 32.1. The molecule has 0 amide bonds. The van der Waals surface area contributed by atoms with Crippen molar-refractivity contribution in [3.05, 3.63) is 34.4 Å². The molecule has 2 aromatic rings. The second-order valence-corrected chi connectivity index (χ2v) is 5.60. The van der Waals surface area contributed by atoms with Gasteiger partial charge in [0.2, 0.25) is 0 Å². The molecule has 3 nitrogen and oxygen atoms in total. The molecule has 90 valence electrons. The molecule has 0 N–H and O–H groups in total. The van der Waals surface area contributed by atoms with Crippen LogP contribution < -0.4 is 0 Å². The average Bonchev–Trinajstić information content (AvgIpc) is 3.14. The van der Waals surface area contributed by atoms with Crippen molar-refractivity contribution in [2.45, 2.75) is 25.7 Å². The highest BCUT2D eigenvalue weighted by molar-refractivity contribution is 7.09. The van der Waals surface area contributed by atoms with Crippen LogP contribution in [0.3, 0.4) is 0 Å². The van der Waals surface area contributed by atoms with E-state index in [1.165, 1.54) is 24.3 Å². The van der Waals surface area contributed by atoms with Crippen LogP contribution in [0, 0.1) is 17.2 Å². The average molecular weight is 255 g/mol. The maximum Gasteiger partial charge on any atom is 0.140 e. The van der Waals surface area contributed by atoms with Crippen molar-refractivity contribution in [3.8, 4) is 17.3 Å². The predicted molar refractivity (Wildman–Crippen MR) is 71.1 cm³/mol. The number of pyridine rings is 1. The van der Waals surface area contributed by atoms with E-state index in [9.17, 15) is 0 Å². The van der Waals surface area contributed by atoms with Gasteiger partial charge in [-0.15, -0.1) is 11.3 Å². The van der Waals surface area contributed by atoms with Gasteiger partial charge < -0.3 is 0 Å². The molecule has 2 aromatic heterocycles. The molecule has 4 heteroatoms. The summed E-state index contributed by atoms with van der Waals surface area (Å²) in [6, 6.07) is 5.66. The number of thiazole rings is 1. The van der Waals surface area contributed by atoms with E-state index in [1.807, 2.05) is 12.1 Å². The summed E-state index contributed by atoms with van der Waals surface area (Å²) in [5, 5.41) is 12.0. The molecule has 1 aliphatic carbocycles. The highest BCUT2D eigenvalue weighted by Gasteiger charge is 2.21. The maximum absolute atomic E-state index is 8.70. The number of rotatable bonds is 4. The Kier molecular flexibility index (Phi) is 3.07. The zero-order valence-electron chi connectivity index (χ0n) is 9.97. The van der Waals surface area contributed by atoms with Crippen LogP contribution in [0.25, 0.3) is 11.3 Å². The monoisotopic (exact) mass is 255 g/mol. The summed E-state index contributed by atoms with van der Waals surface area (Å²) in [6.07, 6.45) is 6.89. The highest BCUT2D eigenvalue weighted by Crippen LogP contribution is 2.34. The van der Waals surface area contributed by atoms with Gasteiger partial charge in [0.15, 0.2) is 0 Å². The summed E-state index contributed by atoms with van der Waals surface area (Å²) in [4.78, 5) is 8.70. The number of hydrogen-bond acceptors (Lipinski definition) is 4. The van der Waals surface area contributed by atoms with E-state index >= 15 is 0 Å². The topological polar surface area (TPSA) is 49.6 Å². The third-order valence-corrected chi connectivity index (χ3v) is 4.10. The van der Waals surface area contributed by atoms with Crippen molar-refractivity contribution in [1.82, 2.24) is 9.97 Å². The van der Waals surface area contributed by atoms with Crippen LogP contribution in [0.2, 0.25) is 0 Å². The van der Waals surface area contributed by atoms with Crippen molar-refractivity contribution in [3.63, 3.8) is 0 Å². The fourth-order valence-corrected chi connectivity index (χ4v) is 2.73. The summed E-state index contributed by atoms with van der Waals surface area (Å²) >= 11 is 1.72. The molecular formula is C14H13N3S. The van der Waals surface area contributed by atoms with Gasteiger partial charge in [-0.25, -0.2) is 9.97 Å². The largest absolute Gasteiger partial charge is 0.245 e. The van der Waals surface area contributed by atoms with Gasteiger partial charge in [0, 0.05) is 17.1 Å². The number of hydrogen-bond donors (Lipinski definition) is 0. The normalized spacial score (nSPS) is 14.4. The van der Waals surface area contributed by atoms with E-state index in [1.54, 1.807) is 23.6 Å². The van der Waals surface area contributed by atoms with Gasteiger partial charge in [-0.2, -0.15) is 5.26 Å². The SMILES string of the molecule is N#Cc1ccc(-c2csc(CCC3CC3)n2)cn1. The molecule has 3 rings (SSSR count). The minimum atomic E-state index is 0.447. The molecule has 0 aliphatic heterocycles. The lowest BCUT2D eigenvalue weighted by Gasteiger charge is -1.96. The summed E-state index contributed by atoms with van der Waals surface area (Å²) in [7, 11) is 0. The van der Waals surface area contributed by atoms with Crippen LogP contribution in [0.5, 0.6) is 0 Å². The summed E-state index contributed by atoms with van der Waals surface area (Å²) in [6.45, 7) is 0. The lowest BCUT2D eigenvalue weighted by molar-refractivity contribution is 0.724. The van der Waals surface area contributed by atoms with Crippen molar-refractivity contribution >= 4 is 11.3 Å². The van der Waals surface area contributed by atoms with Crippen LogP contribution in [-0.4, -0.2) is 9.97 Å². The van der Waals surface area contributed by atoms with E-state index in [-0.39, 0.29) is 0 Å². The minimum Gasteiger partial charge on any atom is -0.245 e. The van der Waals surface area contributed by atoms with Crippen LogP contribution in [-0.2, 0) is 6.42 Å². The molecule has 0 spiro atoms. The third-order valence-electron chi connectivity index (χ3n) is 3.19. The van der Waals surface area contributed by atoms with E-state index in [0.717, 1.165) is 23.6 Å². The molecule has 0 unspecified atom stereocenters. The van der Waals surface area contributed by atoms with Crippen molar-refractivity contribution in [1.29, 1.82) is 5.26 Å². The quantitative estimate of drug-likeness (QED) is 0.841. The fourth-order valence-electron chi connectivity index (χ4n) is 1.90. The second-order valence-electron chi connectivity index (χ2n) is 4.65. The number of aryl methyl sites for hydroxylation is 1. The zero-order valence-corrected chi connectivity index (χ0v) is 10.8. The molecule has 1 saturated carbocycles. The molecule has 1 fully saturated rings. The first-order chi connectivity index (χ1) is 8.85. The maximum atomic E-state index is 8.70. The van der Waals surface area contributed by atoms with E-state index in [4.69, 9.17) is 5.26 Å². The Balaban J connectivity index is 1.72. The molecule has 18 heavy (non-hydrogen) atoms. The zero-order chi connectivity index (χ0) is 12.4. The first kappa shape index (κ1) is 11.4. The van der Waals surface area contributed by atoms with Crippen molar-refractivity contribution in [2.24, 2.45) is 5.92 Å². The van der Waals surface area contributed by atoms with Crippen molar-refractivity contribution < 1.29 is 0 Å². The number of aromatic nitrogens is 2. The lowest BCUT2D eigenvalue weighted by Crippen LogP contribution is -1.87. The molecule has 0 aromatic carbocycles. The Hall–Kier alpha value is -1.73. The second kappa shape index (κ2) is 4.87. The van der Waals surface area contributed by atoms with Crippen LogP contribution >= 0.6 is 11.3 Å². The Morgan fingerprint density at radius 1 is 1.39 bits per heavy atom. The Labute approximate surface area is 110 Å². The Morgan fingerprint density at radius 2 is 2.28 bits per heavy atom. The molecule has 0 bridgehead atoms. The van der Waals surface area contributed by atoms with Crippen LogP contribution in [0.1, 0.15) is 30.0 Å². The predicted octanol–water partition coefficient (Wildman–Crippen LogP) is 3.42. The van der Waals surface area contributed by atoms with Crippen LogP contribution in [0.15, 0.2) is 23.7 Å². The van der Waals surface area contributed by atoms with Gasteiger partial charge in [-0.05, 0) is 30.9 Å². The number of nitriles is 1. The molecular weight excluding hydrogens is 242 g/mol. The fraction of sp³-hybridized carbons (Fsp3) is 0.357. The molecule has 0 atom stereocenters. The number of nitrogens with zero attached hydrogens (tertiary/aromatic N) is 3. The molecule has 0 radical (unpaired) electrons. The summed E-state index contributed by atoms with van der Waals surface area (Å²) in [5.41, 5.74) is 2.41. The van der Waals surface area contributed by atoms with Crippen molar-refractivity contribution in [2.75, 3.05) is 0 Å². The summed E-state index contributed by atoms with van der Waals surface area (Å²) < 4.78 is 0. The third kappa shape index (κ3) is 2.57. The first-order valence-electron chi connectivity index (χ1n) is 6.16. The van der Waals surface area contributed by atoms with Gasteiger partial charge in [0.05, 0.1) is 10.7 Å². The molecule has 0 saturated heterocycles. The van der Waals surface area contributed by atoms with Gasteiger partial charge >= 0.3 is 0 Å². The van der Waals surface area contributed by atoms with E-state index < -0.39 is 0 Å². The Morgan fingerprint density at radius 3 is 2.94 bits per heavy atom. The van der Waals surface area contributed by atoms with Gasteiger partial charge in [-0.1, -0.05) is 12.8 Å². The minimum absolute atomic E-state index is 0.447. The lowest BCUT2D eigenvalue weighted by atomic mass is 10.2. The van der Waals surface area contributed by atoms with Gasteiger partial charge in [-0.3, -0.25) is 0 Å². The van der Waals surface area contributed by atoms with Gasteiger partial charge in [0.25, 0.3) is 0 Å². The molecule has 2 heterocycles. The first-order valence-corrected chi connectivity index (χ1v) is 7.04. The van der Waals surface area contributed by atoms with Crippen LogP contribution in [0.4, 0.5) is 0 Å². The summed E-state index contributed by atoms with van der Waals surface area (Å²) in [5.74, 6) is 0.953. The smallest absolute Gasteiger partial charge is 0.140 e.